The normalized spacial score (nSPS) is 15.3. The summed E-state index contributed by atoms with van der Waals surface area (Å²) in [5.41, 5.74) is 4.56. The second-order valence-corrected chi connectivity index (χ2v) is 6.37. The highest BCUT2D eigenvalue weighted by molar-refractivity contribution is 5.70. The third-order valence-electron chi connectivity index (χ3n) is 4.17. The third-order valence-corrected chi connectivity index (χ3v) is 4.17. The average Bonchev–Trinajstić information content (AvgIpc) is 3.12. The lowest BCUT2D eigenvalue weighted by atomic mass is 9.82. The van der Waals surface area contributed by atoms with Crippen molar-refractivity contribution in [3.8, 4) is 0 Å². The molecule has 0 spiro atoms. The zero-order valence-electron chi connectivity index (χ0n) is 16.7. The number of allylic oxidation sites excluding steroid dienone is 2. The second kappa shape index (κ2) is 11.6. The highest BCUT2D eigenvalue weighted by Gasteiger charge is 2.17. The van der Waals surface area contributed by atoms with Crippen molar-refractivity contribution in [1.29, 1.82) is 0 Å². The molecule has 1 unspecified atom stereocenters. The van der Waals surface area contributed by atoms with Gasteiger partial charge in [0.05, 0.1) is 6.20 Å². The van der Waals surface area contributed by atoms with E-state index in [4.69, 9.17) is 4.42 Å². The molecule has 0 saturated heterocycles. The molecule has 1 aromatic carbocycles. The Morgan fingerprint density at radius 3 is 2.44 bits per heavy atom. The first kappa shape index (κ1) is 21.2. The van der Waals surface area contributed by atoms with Gasteiger partial charge < -0.3 is 9.32 Å². The fourth-order valence-electron chi connectivity index (χ4n) is 2.92. The van der Waals surface area contributed by atoms with Crippen LogP contribution in [0.3, 0.4) is 0 Å². The van der Waals surface area contributed by atoms with Crippen LogP contribution >= 0.6 is 0 Å². The van der Waals surface area contributed by atoms with Gasteiger partial charge in [0, 0.05) is 0 Å². The Kier molecular flexibility index (Phi) is 9.86. The number of hydrogen-bond acceptors (Lipinski definition) is 3. The average molecular weight is 343 g/mol. The lowest BCUT2D eigenvalue weighted by molar-refractivity contribution is 0.371. The van der Waals surface area contributed by atoms with Gasteiger partial charge in [0.1, 0.15) is 5.76 Å². The lowest BCUT2D eigenvalue weighted by Gasteiger charge is -2.24. The quantitative estimate of drug-likeness (QED) is 0.723. The van der Waals surface area contributed by atoms with Gasteiger partial charge in [0.2, 0.25) is 0 Å². The van der Waals surface area contributed by atoms with Crippen LogP contribution in [0.15, 0.2) is 47.3 Å². The number of benzene rings is 1. The summed E-state index contributed by atoms with van der Waals surface area (Å²) < 4.78 is 4.72. The standard InChI is InChI=1S/C16H23N.C4H5NO.C2H6/c1-4-14-11-13(9-10-17(2)3)12-15-7-5-6-8-16(14)15;1-4-2-5-3-6-4;1-2/h5-8,11,13H,4,9-10,12H2,1-3H3;2-3H,1H3;1-2H3. The van der Waals surface area contributed by atoms with E-state index in [2.05, 4.69) is 61.2 Å². The zero-order chi connectivity index (χ0) is 18.7. The minimum absolute atomic E-state index is 0.724. The third kappa shape index (κ3) is 7.27. The first-order valence-electron chi connectivity index (χ1n) is 9.39. The monoisotopic (exact) mass is 342 g/mol. The largest absolute Gasteiger partial charge is 0.449 e. The molecule has 0 amide bonds. The molecule has 0 bridgehead atoms. The van der Waals surface area contributed by atoms with Gasteiger partial charge in [-0.05, 0) is 69.4 Å². The van der Waals surface area contributed by atoms with Gasteiger partial charge in [0.15, 0.2) is 6.39 Å². The molecule has 3 rings (SSSR count). The van der Waals surface area contributed by atoms with E-state index in [1.54, 1.807) is 6.20 Å². The van der Waals surface area contributed by atoms with Crippen molar-refractivity contribution in [2.24, 2.45) is 5.92 Å². The van der Waals surface area contributed by atoms with Crippen molar-refractivity contribution in [2.45, 2.75) is 47.0 Å². The molecule has 0 N–H and O–H groups in total. The summed E-state index contributed by atoms with van der Waals surface area (Å²) in [6.07, 6.45) is 9.22. The summed E-state index contributed by atoms with van der Waals surface area (Å²) in [7, 11) is 4.31. The van der Waals surface area contributed by atoms with Crippen LogP contribution in [-0.2, 0) is 6.42 Å². The van der Waals surface area contributed by atoms with E-state index in [9.17, 15) is 0 Å². The highest BCUT2D eigenvalue weighted by atomic mass is 16.3. The molecule has 1 aromatic heterocycles. The predicted molar refractivity (Wildman–Crippen MR) is 108 cm³/mol. The van der Waals surface area contributed by atoms with Gasteiger partial charge in [-0.1, -0.05) is 51.1 Å². The molecule has 0 radical (unpaired) electrons. The molecule has 0 saturated carbocycles. The van der Waals surface area contributed by atoms with Crippen molar-refractivity contribution >= 4 is 5.57 Å². The number of aryl methyl sites for hydroxylation is 1. The molecule has 1 aliphatic carbocycles. The Morgan fingerprint density at radius 2 is 1.92 bits per heavy atom. The molecule has 1 atom stereocenters. The van der Waals surface area contributed by atoms with Crippen LogP contribution in [0.1, 0.15) is 50.5 Å². The Labute approximate surface area is 153 Å². The van der Waals surface area contributed by atoms with Crippen molar-refractivity contribution < 1.29 is 4.42 Å². The van der Waals surface area contributed by atoms with Crippen LogP contribution in [0.5, 0.6) is 0 Å². The lowest BCUT2D eigenvalue weighted by Crippen LogP contribution is -2.19. The van der Waals surface area contributed by atoms with Gasteiger partial charge in [-0.3, -0.25) is 0 Å². The van der Waals surface area contributed by atoms with E-state index in [0.717, 1.165) is 18.1 Å². The maximum absolute atomic E-state index is 4.72. The predicted octanol–water partition coefficient (Wildman–Crippen LogP) is 5.61. The van der Waals surface area contributed by atoms with Crippen molar-refractivity contribution in [3.63, 3.8) is 0 Å². The first-order valence-corrected chi connectivity index (χ1v) is 9.39. The van der Waals surface area contributed by atoms with Crippen LogP contribution in [0, 0.1) is 12.8 Å². The van der Waals surface area contributed by atoms with Gasteiger partial charge >= 0.3 is 0 Å². The number of hydrogen-bond donors (Lipinski definition) is 0. The molecule has 1 aliphatic rings. The molecule has 0 aliphatic heterocycles. The van der Waals surface area contributed by atoms with Crippen LogP contribution < -0.4 is 0 Å². The Morgan fingerprint density at radius 1 is 1.20 bits per heavy atom. The van der Waals surface area contributed by atoms with E-state index >= 15 is 0 Å². The Balaban J connectivity index is 0.000000326. The molecule has 3 nitrogen and oxygen atoms in total. The molecule has 25 heavy (non-hydrogen) atoms. The Hall–Kier alpha value is -1.87. The van der Waals surface area contributed by atoms with Crippen molar-refractivity contribution in [3.05, 3.63) is 59.8 Å². The molecular formula is C22H34N2O. The van der Waals surface area contributed by atoms with E-state index in [1.165, 1.54) is 42.5 Å². The minimum atomic E-state index is 0.724. The van der Waals surface area contributed by atoms with Gasteiger partial charge in [0.25, 0.3) is 0 Å². The summed E-state index contributed by atoms with van der Waals surface area (Å²) in [5, 5.41) is 0. The van der Waals surface area contributed by atoms with Gasteiger partial charge in [-0.15, -0.1) is 0 Å². The van der Waals surface area contributed by atoms with Crippen LogP contribution in [0.25, 0.3) is 5.57 Å². The summed E-state index contributed by atoms with van der Waals surface area (Å²) >= 11 is 0. The molecule has 138 valence electrons. The number of nitrogens with zero attached hydrogens (tertiary/aromatic N) is 2. The van der Waals surface area contributed by atoms with Crippen LogP contribution in [-0.4, -0.2) is 30.5 Å². The SMILES string of the molecule is CC.CCC1=CC(CCN(C)C)Cc2ccccc21.Cc1cnco1. The topological polar surface area (TPSA) is 29.3 Å². The summed E-state index contributed by atoms with van der Waals surface area (Å²) in [6.45, 7) is 9.30. The van der Waals surface area contributed by atoms with Gasteiger partial charge in [-0.25, -0.2) is 4.98 Å². The Bertz CT molecular complexity index is 615. The number of aromatic nitrogens is 1. The van der Waals surface area contributed by atoms with Gasteiger partial charge in [-0.2, -0.15) is 0 Å². The van der Waals surface area contributed by atoms with Crippen LogP contribution in [0.4, 0.5) is 0 Å². The van der Waals surface area contributed by atoms with Crippen LogP contribution in [0.2, 0.25) is 0 Å². The van der Waals surface area contributed by atoms with E-state index < -0.39 is 0 Å². The summed E-state index contributed by atoms with van der Waals surface area (Å²) in [6, 6.07) is 8.89. The molecule has 3 heteroatoms. The zero-order valence-corrected chi connectivity index (χ0v) is 16.7. The first-order chi connectivity index (χ1) is 12.1. The van der Waals surface area contributed by atoms with E-state index in [-0.39, 0.29) is 0 Å². The molecule has 1 heterocycles. The van der Waals surface area contributed by atoms with Crippen molar-refractivity contribution in [1.82, 2.24) is 9.88 Å². The number of oxazole rings is 1. The highest BCUT2D eigenvalue weighted by Crippen LogP contribution is 2.32. The minimum Gasteiger partial charge on any atom is -0.449 e. The number of rotatable bonds is 4. The molecule has 2 aromatic rings. The van der Waals surface area contributed by atoms with Crippen molar-refractivity contribution in [2.75, 3.05) is 20.6 Å². The molecule has 0 fully saturated rings. The summed E-state index contributed by atoms with van der Waals surface area (Å²) in [4.78, 5) is 5.93. The second-order valence-electron chi connectivity index (χ2n) is 6.37. The maximum Gasteiger partial charge on any atom is 0.180 e. The smallest absolute Gasteiger partial charge is 0.180 e. The number of fused-ring (bicyclic) bond motifs is 1. The summed E-state index contributed by atoms with van der Waals surface area (Å²) in [5.74, 6) is 1.58. The van der Waals surface area contributed by atoms with E-state index in [0.29, 0.717) is 0 Å². The fourth-order valence-corrected chi connectivity index (χ4v) is 2.92. The molecular weight excluding hydrogens is 308 g/mol. The fraction of sp³-hybridized carbons (Fsp3) is 0.500. The maximum atomic E-state index is 4.72. The van der Waals surface area contributed by atoms with E-state index in [1.807, 2.05) is 20.8 Å².